The van der Waals surface area contributed by atoms with Gasteiger partial charge in [0.1, 0.15) is 0 Å². The number of amides is 1. The Morgan fingerprint density at radius 3 is 2.85 bits per heavy atom. The van der Waals surface area contributed by atoms with Crippen LogP contribution in [0.5, 0.6) is 0 Å². The lowest BCUT2D eigenvalue weighted by Crippen LogP contribution is -2.24. The lowest BCUT2D eigenvalue weighted by Gasteiger charge is -2.16. The van der Waals surface area contributed by atoms with Gasteiger partial charge in [-0.3, -0.25) is 4.79 Å². The summed E-state index contributed by atoms with van der Waals surface area (Å²) in [7, 11) is 0. The van der Waals surface area contributed by atoms with E-state index < -0.39 is 0 Å². The van der Waals surface area contributed by atoms with Crippen LogP contribution in [0.4, 0.5) is 5.69 Å². The van der Waals surface area contributed by atoms with Gasteiger partial charge in [0.15, 0.2) is 5.82 Å². The van der Waals surface area contributed by atoms with Crippen LogP contribution in [0.1, 0.15) is 43.5 Å². The number of anilines is 1. The van der Waals surface area contributed by atoms with Crippen molar-refractivity contribution >= 4 is 22.9 Å². The van der Waals surface area contributed by atoms with E-state index in [1.807, 2.05) is 34.5 Å². The Bertz CT molecular complexity index is 871. The molecule has 3 heterocycles. The van der Waals surface area contributed by atoms with Crippen LogP contribution in [-0.2, 0) is 11.2 Å². The second kappa shape index (κ2) is 7.41. The van der Waals surface area contributed by atoms with Crippen LogP contribution in [0.3, 0.4) is 0 Å². The van der Waals surface area contributed by atoms with Crippen LogP contribution in [0.25, 0.3) is 10.8 Å². The summed E-state index contributed by atoms with van der Waals surface area (Å²) in [5, 5.41) is 6.08. The Kier molecular flexibility index (Phi) is 4.84. The molecule has 0 saturated carbocycles. The van der Waals surface area contributed by atoms with Gasteiger partial charge in [-0.05, 0) is 42.0 Å². The van der Waals surface area contributed by atoms with Crippen molar-refractivity contribution in [2.75, 3.05) is 11.4 Å². The molecule has 26 heavy (non-hydrogen) atoms. The monoisotopic (exact) mass is 367 g/mol. The SMILES string of the molecule is CCCCc1ccc(N2CC(c3noc(-c4cccs4)n3)CC2=O)cc1. The molecule has 4 rings (SSSR count). The number of benzene rings is 1. The number of rotatable bonds is 6. The Hall–Kier alpha value is -2.47. The Balaban J connectivity index is 1.47. The zero-order valence-electron chi connectivity index (χ0n) is 14.7. The summed E-state index contributed by atoms with van der Waals surface area (Å²) in [6, 6.07) is 12.2. The van der Waals surface area contributed by atoms with Crippen LogP contribution in [0.2, 0.25) is 0 Å². The van der Waals surface area contributed by atoms with Crippen molar-refractivity contribution in [3.63, 3.8) is 0 Å². The predicted molar refractivity (Wildman–Crippen MR) is 102 cm³/mol. The third-order valence-corrected chi connectivity index (χ3v) is 5.59. The van der Waals surface area contributed by atoms with Crippen molar-refractivity contribution in [3.8, 4) is 10.8 Å². The minimum absolute atomic E-state index is 0.0280. The first-order chi connectivity index (χ1) is 12.7. The molecular weight excluding hydrogens is 346 g/mol. The Morgan fingerprint density at radius 1 is 1.27 bits per heavy atom. The largest absolute Gasteiger partial charge is 0.333 e. The number of hydrogen-bond donors (Lipinski definition) is 0. The summed E-state index contributed by atoms with van der Waals surface area (Å²) in [5.41, 5.74) is 2.26. The molecule has 6 heteroatoms. The van der Waals surface area contributed by atoms with E-state index >= 15 is 0 Å². The highest BCUT2D eigenvalue weighted by molar-refractivity contribution is 7.13. The Labute approximate surface area is 156 Å². The van der Waals surface area contributed by atoms with Gasteiger partial charge in [0.05, 0.1) is 4.88 Å². The van der Waals surface area contributed by atoms with E-state index in [0.29, 0.717) is 24.7 Å². The molecule has 0 bridgehead atoms. The topological polar surface area (TPSA) is 59.2 Å². The van der Waals surface area contributed by atoms with Crippen LogP contribution in [0, 0.1) is 0 Å². The maximum absolute atomic E-state index is 12.5. The van der Waals surface area contributed by atoms with Crippen molar-refractivity contribution < 1.29 is 9.32 Å². The van der Waals surface area contributed by atoms with Crippen molar-refractivity contribution in [3.05, 3.63) is 53.2 Å². The van der Waals surface area contributed by atoms with Gasteiger partial charge in [0.2, 0.25) is 5.91 Å². The summed E-state index contributed by atoms with van der Waals surface area (Å²) >= 11 is 1.56. The molecular formula is C20H21N3O2S. The molecule has 0 radical (unpaired) electrons. The summed E-state index contributed by atoms with van der Waals surface area (Å²) < 4.78 is 5.37. The van der Waals surface area contributed by atoms with Crippen LogP contribution in [-0.4, -0.2) is 22.6 Å². The minimum Gasteiger partial charge on any atom is -0.333 e. The number of aryl methyl sites for hydroxylation is 1. The normalized spacial score (nSPS) is 17.2. The van der Waals surface area contributed by atoms with E-state index in [1.54, 1.807) is 11.3 Å². The zero-order chi connectivity index (χ0) is 17.9. The fourth-order valence-corrected chi connectivity index (χ4v) is 3.90. The highest BCUT2D eigenvalue weighted by Crippen LogP contribution is 2.32. The molecule has 5 nitrogen and oxygen atoms in total. The molecule has 0 N–H and O–H groups in total. The van der Waals surface area contributed by atoms with Crippen LogP contribution in [0.15, 0.2) is 46.3 Å². The average molecular weight is 367 g/mol. The van der Waals surface area contributed by atoms with Crippen molar-refractivity contribution in [1.82, 2.24) is 10.1 Å². The average Bonchev–Trinajstić information content (AvgIpc) is 3.40. The number of carbonyl (C=O) groups is 1. The Morgan fingerprint density at radius 2 is 2.12 bits per heavy atom. The molecule has 1 aliphatic heterocycles. The first-order valence-corrected chi connectivity index (χ1v) is 9.89. The molecule has 0 aliphatic carbocycles. The number of thiophene rings is 1. The molecule has 0 spiro atoms. The van der Waals surface area contributed by atoms with Gasteiger partial charge in [-0.1, -0.05) is 36.7 Å². The number of hydrogen-bond acceptors (Lipinski definition) is 5. The lowest BCUT2D eigenvalue weighted by atomic mass is 10.1. The molecule has 134 valence electrons. The number of nitrogens with zero attached hydrogens (tertiary/aromatic N) is 3. The van der Waals surface area contributed by atoms with Gasteiger partial charge in [-0.25, -0.2) is 0 Å². The van der Waals surface area contributed by atoms with E-state index in [0.717, 1.165) is 17.0 Å². The number of aromatic nitrogens is 2. The van der Waals surface area contributed by atoms with E-state index in [2.05, 4.69) is 29.2 Å². The molecule has 2 aromatic heterocycles. The molecule has 1 atom stereocenters. The van der Waals surface area contributed by atoms with Gasteiger partial charge in [-0.2, -0.15) is 4.98 Å². The smallest absolute Gasteiger partial charge is 0.267 e. The van der Waals surface area contributed by atoms with E-state index in [4.69, 9.17) is 4.52 Å². The van der Waals surface area contributed by atoms with Gasteiger partial charge >= 0.3 is 0 Å². The maximum Gasteiger partial charge on any atom is 0.267 e. The second-order valence-corrected chi connectivity index (χ2v) is 7.56. The summed E-state index contributed by atoms with van der Waals surface area (Å²) in [6.07, 6.45) is 3.88. The first kappa shape index (κ1) is 17.0. The summed E-state index contributed by atoms with van der Waals surface area (Å²) in [5.74, 6) is 1.23. The first-order valence-electron chi connectivity index (χ1n) is 9.01. The van der Waals surface area contributed by atoms with Gasteiger partial charge in [0, 0.05) is 24.6 Å². The molecule has 3 aromatic rings. The van der Waals surface area contributed by atoms with Crippen molar-refractivity contribution in [1.29, 1.82) is 0 Å². The van der Waals surface area contributed by atoms with Crippen molar-refractivity contribution in [2.45, 2.75) is 38.5 Å². The standard InChI is InChI=1S/C20H21N3O2S/c1-2-3-5-14-7-9-16(10-8-14)23-13-15(12-18(23)24)19-21-20(25-22-19)17-6-4-11-26-17/h4,6-11,15H,2-3,5,12-13H2,1H3. The third-order valence-electron chi connectivity index (χ3n) is 4.73. The van der Waals surface area contributed by atoms with Crippen LogP contribution < -0.4 is 4.90 Å². The summed E-state index contributed by atoms with van der Waals surface area (Å²) in [6.45, 7) is 2.79. The molecule has 1 saturated heterocycles. The van der Waals surface area contributed by atoms with Gasteiger partial charge < -0.3 is 9.42 Å². The minimum atomic E-state index is -0.0280. The molecule has 1 aromatic carbocycles. The second-order valence-electron chi connectivity index (χ2n) is 6.61. The van der Waals surface area contributed by atoms with Gasteiger partial charge in [0.25, 0.3) is 5.89 Å². The molecule has 1 fully saturated rings. The fraction of sp³-hybridized carbons (Fsp3) is 0.350. The quantitative estimate of drug-likeness (QED) is 0.636. The number of carbonyl (C=O) groups excluding carboxylic acids is 1. The van der Waals surface area contributed by atoms with E-state index in [9.17, 15) is 4.79 Å². The zero-order valence-corrected chi connectivity index (χ0v) is 15.5. The molecule has 1 unspecified atom stereocenters. The van der Waals surface area contributed by atoms with E-state index in [-0.39, 0.29) is 11.8 Å². The third kappa shape index (κ3) is 3.42. The summed E-state index contributed by atoms with van der Waals surface area (Å²) in [4.78, 5) is 19.8. The highest BCUT2D eigenvalue weighted by Gasteiger charge is 2.34. The lowest BCUT2D eigenvalue weighted by molar-refractivity contribution is -0.117. The molecule has 1 amide bonds. The highest BCUT2D eigenvalue weighted by atomic mass is 32.1. The molecule has 1 aliphatic rings. The fourth-order valence-electron chi connectivity index (χ4n) is 3.25. The van der Waals surface area contributed by atoms with Crippen LogP contribution >= 0.6 is 11.3 Å². The van der Waals surface area contributed by atoms with E-state index in [1.165, 1.54) is 18.4 Å². The van der Waals surface area contributed by atoms with Gasteiger partial charge in [-0.15, -0.1) is 11.3 Å². The predicted octanol–water partition coefficient (Wildman–Crippen LogP) is 4.66. The maximum atomic E-state index is 12.5. The van der Waals surface area contributed by atoms with Crippen molar-refractivity contribution in [2.24, 2.45) is 0 Å². The number of unbranched alkanes of at least 4 members (excludes halogenated alkanes) is 1.